The lowest BCUT2D eigenvalue weighted by Gasteiger charge is -2.22. The van der Waals surface area contributed by atoms with Gasteiger partial charge < -0.3 is 10.6 Å². The van der Waals surface area contributed by atoms with E-state index in [-0.39, 0.29) is 36.1 Å². The Morgan fingerprint density at radius 3 is 2.80 bits per heavy atom. The van der Waals surface area contributed by atoms with Crippen LogP contribution in [0.25, 0.3) is 0 Å². The maximum absolute atomic E-state index is 12.3. The third-order valence-corrected chi connectivity index (χ3v) is 5.01. The van der Waals surface area contributed by atoms with Crippen LogP contribution in [0.15, 0.2) is 5.38 Å². The summed E-state index contributed by atoms with van der Waals surface area (Å²) in [6.07, 6.45) is 3.46. The van der Waals surface area contributed by atoms with Crippen LogP contribution in [-0.4, -0.2) is 35.4 Å². The van der Waals surface area contributed by atoms with Gasteiger partial charge in [0.1, 0.15) is 5.69 Å². The first-order valence-corrected chi connectivity index (χ1v) is 7.44. The van der Waals surface area contributed by atoms with Gasteiger partial charge in [0.15, 0.2) is 0 Å². The summed E-state index contributed by atoms with van der Waals surface area (Å²) in [6.45, 7) is 4.36. The highest BCUT2D eigenvalue weighted by atomic mass is 35.5. The summed E-state index contributed by atoms with van der Waals surface area (Å²) in [5, 5.41) is 3.05. The Morgan fingerprint density at radius 2 is 2.25 bits per heavy atom. The number of nitrogens with two attached hydrogens (primary N) is 1. The summed E-state index contributed by atoms with van der Waals surface area (Å²) in [4.78, 5) is 18.7. The van der Waals surface area contributed by atoms with Crippen molar-refractivity contribution in [2.24, 2.45) is 11.1 Å². The lowest BCUT2D eigenvalue weighted by molar-refractivity contribution is 0.0771. The number of carbonyl (C=O) groups is 1. The van der Waals surface area contributed by atoms with Gasteiger partial charge in [-0.05, 0) is 31.2 Å². The van der Waals surface area contributed by atoms with Crippen LogP contribution in [0.1, 0.15) is 47.6 Å². The molecule has 2 N–H and O–H groups in total. The van der Waals surface area contributed by atoms with E-state index >= 15 is 0 Å². The Bertz CT molecular complexity index is 478. The SMILES string of the molecule is CC1(CN)CCN(C(=O)c2csc(C3CC3)n2)C1.Cl.Cl. The summed E-state index contributed by atoms with van der Waals surface area (Å²) < 4.78 is 0. The Hall–Kier alpha value is -0.360. The number of halogens is 2. The van der Waals surface area contributed by atoms with E-state index in [2.05, 4.69) is 11.9 Å². The number of thiazole rings is 1. The van der Waals surface area contributed by atoms with Crippen LogP contribution in [0, 0.1) is 5.41 Å². The highest BCUT2D eigenvalue weighted by Gasteiger charge is 2.36. The van der Waals surface area contributed by atoms with Gasteiger partial charge in [-0.15, -0.1) is 36.2 Å². The fraction of sp³-hybridized carbons (Fsp3) is 0.692. The number of nitrogens with zero attached hydrogens (tertiary/aromatic N) is 2. The van der Waals surface area contributed by atoms with Gasteiger partial charge in [0.05, 0.1) is 5.01 Å². The smallest absolute Gasteiger partial charge is 0.273 e. The van der Waals surface area contributed by atoms with Gasteiger partial charge in [0.25, 0.3) is 5.91 Å². The van der Waals surface area contributed by atoms with E-state index in [1.807, 2.05) is 10.3 Å². The Kier molecular flexibility index (Phi) is 5.84. The van der Waals surface area contributed by atoms with Crippen LogP contribution in [0.4, 0.5) is 0 Å². The van der Waals surface area contributed by atoms with Gasteiger partial charge in [0.2, 0.25) is 0 Å². The molecule has 2 fully saturated rings. The van der Waals surface area contributed by atoms with Gasteiger partial charge in [-0.1, -0.05) is 6.92 Å². The van der Waals surface area contributed by atoms with E-state index < -0.39 is 0 Å². The fourth-order valence-electron chi connectivity index (χ4n) is 2.43. The second kappa shape index (κ2) is 6.60. The lowest BCUT2D eigenvalue weighted by atomic mass is 9.90. The first kappa shape index (κ1) is 17.7. The zero-order chi connectivity index (χ0) is 12.8. The molecule has 1 saturated heterocycles. The van der Waals surface area contributed by atoms with Crippen LogP contribution >= 0.6 is 36.2 Å². The minimum absolute atomic E-state index is 0. The van der Waals surface area contributed by atoms with Crippen molar-refractivity contribution in [1.82, 2.24) is 9.88 Å². The minimum Gasteiger partial charge on any atom is -0.337 e. The zero-order valence-corrected chi connectivity index (χ0v) is 14.0. The van der Waals surface area contributed by atoms with Gasteiger partial charge in [-0.25, -0.2) is 4.98 Å². The third-order valence-electron chi connectivity index (χ3n) is 4.01. The molecule has 1 aliphatic heterocycles. The topological polar surface area (TPSA) is 59.2 Å². The highest BCUT2D eigenvalue weighted by molar-refractivity contribution is 7.10. The molecule has 0 bridgehead atoms. The molecule has 114 valence electrons. The molecule has 1 aromatic heterocycles. The summed E-state index contributed by atoms with van der Waals surface area (Å²) in [5.74, 6) is 0.708. The summed E-state index contributed by atoms with van der Waals surface area (Å²) in [6, 6.07) is 0. The van der Waals surface area contributed by atoms with Crippen molar-refractivity contribution in [3.63, 3.8) is 0 Å². The summed E-state index contributed by atoms with van der Waals surface area (Å²) in [7, 11) is 0. The van der Waals surface area contributed by atoms with Crippen molar-refractivity contribution in [2.75, 3.05) is 19.6 Å². The standard InChI is InChI=1S/C13H19N3OS.2ClH/c1-13(7-14)4-5-16(8-13)12(17)10-6-18-11(15-10)9-2-3-9;;/h6,9H,2-5,7-8,14H2,1H3;2*1H. The molecule has 1 aliphatic carbocycles. The molecule has 0 radical (unpaired) electrons. The maximum Gasteiger partial charge on any atom is 0.273 e. The van der Waals surface area contributed by atoms with Crippen molar-refractivity contribution in [1.29, 1.82) is 0 Å². The molecule has 1 amide bonds. The van der Waals surface area contributed by atoms with E-state index in [1.165, 1.54) is 12.8 Å². The Labute approximate surface area is 135 Å². The molecule has 2 heterocycles. The average Bonchev–Trinajstić information content (AvgIpc) is 2.97. The third kappa shape index (κ3) is 3.45. The summed E-state index contributed by atoms with van der Waals surface area (Å²) >= 11 is 1.63. The first-order chi connectivity index (χ1) is 8.61. The van der Waals surface area contributed by atoms with Crippen LogP contribution in [0.2, 0.25) is 0 Å². The number of amides is 1. The van der Waals surface area contributed by atoms with Crippen LogP contribution in [0.3, 0.4) is 0 Å². The second-order valence-electron chi connectivity index (χ2n) is 5.84. The minimum atomic E-state index is 0. The van der Waals surface area contributed by atoms with Crippen molar-refractivity contribution in [3.8, 4) is 0 Å². The van der Waals surface area contributed by atoms with Crippen LogP contribution in [0.5, 0.6) is 0 Å². The first-order valence-electron chi connectivity index (χ1n) is 6.56. The largest absolute Gasteiger partial charge is 0.337 e. The molecule has 1 aromatic rings. The number of hydrogen-bond donors (Lipinski definition) is 1. The average molecular weight is 338 g/mol. The molecule has 3 rings (SSSR count). The Morgan fingerprint density at radius 1 is 1.55 bits per heavy atom. The predicted molar refractivity (Wildman–Crippen MR) is 86.3 cm³/mol. The van der Waals surface area contributed by atoms with E-state index in [1.54, 1.807) is 11.3 Å². The molecule has 7 heteroatoms. The number of aromatic nitrogens is 1. The van der Waals surface area contributed by atoms with Gasteiger partial charge in [0, 0.05) is 24.4 Å². The van der Waals surface area contributed by atoms with E-state index in [0.29, 0.717) is 18.2 Å². The Balaban J connectivity index is 0.000001000. The van der Waals surface area contributed by atoms with Crippen molar-refractivity contribution < 1.29 is 4.79 Å². The fourth-order valence-corrected chi connectivity index (χ4v) is 3.39. The van der Waals surface area contributed by atoms with E-state index in [4.69, 9.17) is 5.73 Å². The van der Waals surface area contributed by atoms with Gasteiger partial charge >= 0.3 is 0 Å². The molecule has 4 nitrogen and oxygen atoms in total. The number of hydrogen-bond acceptors (Lipinski definition) is 4. The molecule has 0 spiro atoms. The van der Waals surface area contributed by atoms with Crippen molar-refractivity contribution in [2.45, 2.75) is 32.1 Å². The molecule has 2 aliphatic rings. The van der Waals surface area contributed by atoms with Crippen molar-refractivity contribution in [3.05, 3.63) is 16.1 Å². The number of likely N-dealkylation sites (tertiary alicyclic amines) is 1. The highest BCUT2D eigenvalue weighted by Crippen LogP contribution is 2.41. The summed E-state index contributed by atoms with van der Waals surface area (Å²) in [5.41, 5.74) is 6.49. The van der Waals surface area contributed by atoms with Crippen molar-refractivity contribution >= 4 is 42.1 Å². The predicted octanol–water partition coefficient (Wildman–Crippen LogP) is 2.68. The molecule has 1 saturated carbocycles. The van der Waals surface area contributed by atoms with Crippen LogP contribution in [-0.2, 0) is 0 Å². The molecule has 1 unspecified atom stereocenters. The van der Waals surface area contributed by atoms with Crippen LogP contribution < -0.4 is 5.73 Å². The maximum atomic E-state index is 12.3. The molecular formula is C13H21Cl2N3OS. The molecular weight excluding hydrogens is 317 g/mol. The quantitative estimate of drug-likeness (QED) is 0.922. The molecule has 20 heavy (non-hydrogen) atoms. The monoisotopic (exact) mass is 337 g/mol. The van der Waals surface area contributed by atoms with Gasteiger partial charge in [-0.3, -0.25) is 4.79 Å². The van der Waals surface area contributed by atoms with E-state index in [0.717, 1.165) is 24.5 Å². The lowest BCUT2D eigenvalue weighted by Crippen LogP contribution is -2.34. The zero-order valence-electron chi connectivity index (χ0n) is 11.5. The molecule has 1 atom stereocenters. The molecule has 0 aromatic carbocycles. The normalized spacial score (nSPS) is 25.0. The van der Waals surface area contributed by atoms with E-state index in [9.17, 15) is 4.79 Å². The van der Waals surface area contributed by atoms with Gasteiger partial charge in [-0.2, -0.15) is 0 Å². The number of carbonyl (C=O) groups excluding carboxylic acids is 1. The second-order valence-corrected chi connectivity index (χ2v) is 6.73. The number of rotatable bonds is 3.